The summed E-state index contributed by atoms with van der Waals surface area (Å²) >= 11 is 14.1. The van der Waals surface area contributed by atoms with E-state index in [-0.39, 0.29) is 0 Å². The number of fused-ring (bicyclic) bond motifs is 1. The maximum absolute atomic E-state index is 6.07. The van der Waals surface area contributed by atoms with Gasteiger partial charge >= 0.3 is 0 Å². The predicted octanol–water partition coefficient (Wildman–Crippen LogP) is 4.11. The van der Waals surface area contributed by atoms with E-state index >= 15 is 0 Å². The fraction of sp³-hybridized carbons (Fsp3) is 0.417. The fourth-order valence-corrected chi connectivity index (χ4v) is 3.89. The van der Waals surface area contributed by atoms with Gasteiger partial charge in [0.1, 0.15) is 5.82 Å². The molecule has 1 saturated heterocycles. The van der Waals surface area contributed by atoms with E-state index in [1.165, 1.54) is 12.2 Å². The molecule has 0 radical (unpaired) electrons. The maximum atomic E-state index is 6.07. The Labute approximate surface area is 114 Å². The van der Waals surface area contributed by atoms with Crippen LogP contribution in [0.3, 0.4) is 0 Å². The van der Waals surface area contributed by atoms with Gasteiger partial charge in [0.25, 0.3) is 0 Å². The zero-order chi connectivity index (χ0) is 11.8. The van der Waals surface area contributed by atoms with E-state index in [0.29, 0.717) is 11.9 Å². The van der Waals surface area contributed by atoms with Crippen LogP contribution in [0.2, 0.25) is 5.02 Å². The molecule has 1 fully saturated rings. The molecule has 90 valence electrons. The second kappa shape index (κ2) is 4.71. The monoisotopic (exact) mass is 286 g/mol. The highest BCUT2D eigenvalue weighted by Crippen LogP contribution is 2.33. The molecule has 0 bridgehead atoms. The van der Waals surface area contributed by atoms with Crippen molar-refractivity contribution in [3.63, 3.8) is 0 Å². The molecule has 0 amide bonds. The fourth-order valence-electron chi connectivity index (χ4n) is 2.34. The Morgan fingerprint density at radius 3 is 3.06 bits per heavy atom. The van der Waals surface area contributed by atoms with Crippen LogP contribution in [0.4, 0.5) is 0 Å². The molecule has 1 aliphatic rings. The van der Waals surface area contributed by atoms with Crippen molar-refractivity contribution >= 4 is 46.0 Å². The minimum atomic E-state index is 0.452. The van der Waals surface area contributed by atoms with Crippen LogP contribution in [0.25, 0.3) is 11.0 Å². The highest BCUT2D eigenvalue weighted by atomic mass is 35.5. The highest BCUT2D eigenvalue weighted by molar-refractivity contribution is 7.99. The third kappa shape index (κ3) is 2.05. The molecule has 3 rings (SSSR count). The van der Waals surface area contributed by atoms with Crippen LogP contribution >= 0.6 is 35.0 Å². The molecule has 1 atom stereocenters. The summed E-state index contributed by atoms with van der Waals surface area (Å²) in [7, 11) is 0. The van der Waals surface area contributed by atoms with Crippen LogP contribution in [0.15, 0.2) is 18.2 Å². The Hall–Kier alpha value is -0.380. The van der Waals surface area contributed by atoms with Crippen LogP contribution in [-0.4, -0.2) is 21.1 Å². The first-order valence-corrected chi connectivity index (χ1v) is 7.66. The summed E-state index contributed by atoms with van der Waals surface area (Å²) in [6.07, 6.45) is 1.19. The Bertz CT molecular complexity index is 547. The molecule has 5 heteroatoms. The van der Waals surface area contributed by atoms with E-state index in [1.54, 1.807) is 0 Å². The second-order valence-corrected chi connectivity index (χ2v) is 6.04. The third-order valence-corrected chi connectivity index (χ3v) is 4.73. The van der Waals surface area contributed by atoms with Gasteiger partial charge in [-0.3, -0.25) is 0 Å². The van der Waals surface area contributed by atoms with Gasteiger partial charge in [-0.25, -0.2) is 4.98 Å². The molecule has 2 aromatic rings. The van der Waals surface area contributed by atoms with E-state index < -0.39 is 0 Å². The van der Waals surface area contributed by atoms with Crippen molar-refractivity contribution in [2.45, 2.75) is 18.3 Å². The lowest BCUT2D eigenvalue weighted by Crippen LogP contribution is -2.10. The number of thioether (sulfide) groups is 1. The van der Waals surface area contributed by atoms with Crippen LogP contribution in [-0.2, 0) is 5.88 Å². The molecule has 17 heavy (non-hydrogen) atoms. The summed E-state index contributed by atoms with van der Waals surface area (Å²) in [5.74, 6) is 3.76. The molecule has 2 heterocycles. The van der Waals surface area contributed by atoms with Gasteiger partial charge in [-0.05, 0) is 30.4 Å². The normalized spacial score (nSPS) is 20.2. The van der Waals surface area contributed by atoms with Crippen molar-refractivity contribution in [3.05, 3.63) is 29.0 Å². The van der Waals surface area contributed by atoms with Crippen molar-refractivity contribution in [3.8, 4) is 0 Å². The first kappa shape index (κ1) is 11.7. The molecular weight excluding hydrogens is 275 g/mol. The van der Waals surface area contributed by atoms with Crippen LogP contribution in [0.5, 0.6) is 0 Å². The molecule has 1 unspecified atom stereocenters. The van der Waals surface area contributed by atoms with Crippen LogP contribution in [0, 0.1) is 0 Å². The van der Waals surface area contributed by atoms with E-state index in [2.05, 4.69) is 9.55 Å². The van der Waals surface area contributed by atoms with Crippen molar-refractivity contribution in [1.29, 1.82) is 0 Å². The van der Waals surface area contributed by atoms with E-state index in [0.717, 1.165) is 27.6 Å². The molecule has 2 nitrogen and oxygen atoms in total. The first-order chi connectivity index (χ1) is 8.29. The summed E-state index contributed by atoms with van der Waals surface area (Å²) in [5, 5.41) is 0.755. The van der Waals surface area contributed by atoms with Gasteiger partial charge < -0.3 is 4.57 Å². The second-order valence-electron chi connectivity index (χ2n) is 4.18. The summed E-state index contributed by atoms with van der Waals surface area (Å²) < 4.78 is 2.27. The van der Waals surface area contributed by atoms with E-state index in [1.807, 2.05) is 30.0 Å². The molecule has 1 aliphatic heterocycles. The average Bonchev–Trinajstić information content (AvgIpc) is 2.93. The number of alkyl halides is 1. The van der Waals surface area contributed by atoms with Crippen molar-refractivity contribution in [2.24, 2.45) is 0 Å². The number of halogens is 2. The lowest BCUT2D eigenvalue weighted by Gasteiger charge is -2.14. The largest absolute Gasteiger partial charge is 0.323 e. The van der Waals surface area contributed by atoms with Gasteiger partial charge in [0, 0.05) is 16.8 Å². The number of hydrogen-bond donors (Lipinski definition) is 0. The topological polar surface area (TPSA) is 17.8 Å². The standard InChI is InChI=1S/C12H12Cl2N2S/c13-6-12-15-10-2-1-8(14)5-11(10)16(12)9-3-4-17-7-9/h1-2,5,9H,3-4,6-7H2. The Morgan fingerprint density at radius 2 is 2.35 bits per heavy atom. The van der Waals surface area contributed by atoms with Crippen molar-refractivity contribution in [1.82, 2.24) is 9.55 Å². The van der Waals surface area contributed by atoms with Gasteiger partial charge in [-0.1, -0.05) is 11.6 Å². The van der Waals surface area contributed by atoms with Crippen LogP contribution < -0.4 is 0 Å². The lowest BCUT2D eigenvalue weighted by atomic mass is 10.2. The number of benzene rings is 1. The summed E-state index contributed by atoms with van der Waals surface area (Å²) in [6, 6.07) is 6.34. The van der Waals surface area contributed by atoms with Gasteiger partial charge in [0.15, 0.2) is 0 Å². The zero-order valence-corrected chi connectivity index (χ0v) is 11.5. The molecule has 0 saturated carbocycles. The summed E-state index contributed by atoms with van der Waals surface area (Å²) in [4.78, 5) is 4.58. The SMILES string of the molecule is ClCc1nc2ccc(Cl)cc2n1C1CCSC1. The number of nitrogens with zero attached hydrogens (tertiary/aromatic N) is 2. The zero-order valence-electron chi connectivity index (χ0n) is 9.20. The molecule has 0 aliphatic carbocycles. The van der Waals surface area contributed by atoms with Gasteiger partial charge in [-0.2, -0.15) is 11.8 Å². The number of hydrogen-bond acceptors (Lipinski definition) is 2. The number of imidazole rings is 1. The predicted molar refractivity (Wildman–Crippen MR) is 75.3 cm³/mol. The lowest BCUT2D eigenvalue weighted by molar-refractivity contribution is 0.558. The molecule has 1 aromatic heterocycles. The minimum Gasteiger partial charge on any atom is -0.323 e. The molecule has 0 spiro atoms. The quantitative estimate of drug-likeness (QED) is 0.774. The number of aromatic nitrogens is 2. The van der Waals surface area contributed by atoms with Crippen molar-refractivity contribution in [2.75, 3.05) is 11.5 Å². The van der Waals surface area contributed by atoms with E-state index in [4.69, 9.17) is 23.2 Å². The average molecular weight is 287 g/mol. The summed E-state index contributed by atoms with van der Waals surface area (Å²) in [5.41, 5.74) is 2.10. The van der Waals surface area contributed by atoms with Crippen LogP contribution in [0.1, 0.15) is 18.3 Å². The minimum absolute atomic E-state index is 0.452. The van der Waals surface area contributed by atoms with Gasteiger partial charge in [0.05, 0.1) is 16.9 Å². The van der Waals surface area contributed by atoms with Crippen molar-refractivity contribution < 1.29 is 0 Å². The Balaban J connectivity index is 2.20. The smallest absolute Gasteiger partial charge is 0.125 e. The highest BCUT2D eigenvalue weighted by Gasteiger charge is 2.22. The Kier molecular flexibility index (Phi) is 3.24. The van der Waals surface area contributed by atoms with Gasteiger partial charge in [-0.15, -0.1) is 11.6 Å². The van der Waals surface area contributed by atoms with E-state index in [9.17, 15) is 0 Å². The molecule has 0 N–H and O–H groups in total. The Morgan fingerprint density at radius 1 is 1.47 bits per heavy atom. The number of rotatable bonds is 2. The summed E-state index contributed by atoms with van der Waals surface area (Å²) in [6.45, 7) is 0. The maximum Gasteiger partial charge on any atom is 0.125 e. The molecule has 1 aromatic carbocycles. The first-order valence-electron chi connectivity index (χ1n) is 5.59. The molecular formula is C12H12Cl2N2S. The third-order valence-electron chi connectivity index (χ3n) is 3.11. The van der Waals surface area contributed by atoms with Gasteiger partial charge in [0.2, 0.25) is 0 Å².